The van der Waals surface area contributed by atoms with Gasteiger partial charge >= 0.3 is 5.97 Å². The number of allylic oxidation sites excluding steroid dienone is 2. The molecule has 2 atom stereocenters. The second kappa shape index (κ2) is 9.73. The van der Waals surface area contributed by atoms with Crippen molar-refractivity contribution in [1.82, 2.24) is 5.32 Å². The Kier molecular flexibility index (Phi) is 9.04. The summed E-state index contributed by atoms with van der Waals surface area (Å²) in [4.78, 5) is 21.6. The molecule has 18 heavy (non-hydrogen) atoms. The molecule has 102 valence electrons. The minimum absolute atomic E-state index is 0.0574. The highest BCUT2D eigenvalue weighted by Gasteiger charge is 2.09. The van der Waals surface area contributed by atoms with Gasteiger partial charge in [-0.2, -0.15) is 12.6 Å². The SMILES string of the molecule is CC(/C=C/C/C=C/[C@@H](N)CS)C(=O)NCC(=O)O. The molecule has 0 aromatic heterocycles. The normalized spacial score (nSPS) is 14.8. The number of nitrogens with one attached hydrogen (secondary N) is 1. The zero-order valence-electron chi connectivity index (χ0n) is 10.4. The zero-order valence-corrected chi connectivity index (χ0v) is 11.3. The fourth-order valence-corrected chi connectivity index (χ4v) is 1.21. The summed E-state index contributed by atoms with van der Waals surface area (Å²) in [5.41, 5.74) is 5.62. The maximum Gasteiger partial charge on any atom is 0.322 e. The first-order valence-corrected chi connectivity index (χ1v) is 6.30. The number of carboxylic acid groups (broad SMARTS) is 1. The molecule has 0 aliphatic carbocycles. The lowest BCUT2D eigenvalue weighted by atomic mass is 10.1. The number of hydrogen-bond donors (Lipinski definition) is 4. The fraction of sp³-hybridized carbons (Fsp3) is 0.500. The fourth-order valence-electron chi connectivity index (χ4n) is 1.09. The van der Waals surface area contributed by atoms with Crippen molar-refractivity contribution in [2.24, 2.45) is 11.7 Å². The molecule has 0 saturated heterocycles. The molecular formula is C12H20N2O3S. The quantitative estimate of drug-likeness (QED) is 0.384. The van der Waals surface area contributed by atoms with Crippen LogP contribution in [0.25, 0.3) is 0 Å². The molecule has 0 rings (SSSR count). The van der Waals surface area contributed by atoms with Gasteiger partial charge in [-0.15, -0.1) is 0 Å². The van der Waals surface area contributed by atoms with Crippen LogP contribution in [0.5, 0.6) is 0 Å². The monoisotopic (exact) mass is 272 g/mol. The van der Waals surface area contributed by atoms with Gasteiger partial charge in [0.2, 0.25) is 5.91 Å². The highest BCUT2D eigenvalue weighted by molar-refractivity contribution is 7.80. The number of carbonyl (C=O) groups is 2. The van der Waals surface area contributed by atoms with Crippen molar-refractivity contribution in [3.05, 3.63) is 24.3 Å². The van der Waals surface area contributed by atoms with E-state index in [2.05, 4.69) is 17.9 Å². The summed E-state index contributed by atoms with van der Waals surface area (Å²) in [6.07, 6.45) is 8.00. The van der Waals surface area contributed by atoms with E-state index < -0.39 is 5.97 Å². The van der Waals surface area contributed by atoms with Crippen LogP contribution >= 0.6 is 12.6 Å². The van der Waals surface area contributed by atoms with Crippen molar-refractivity contribution in [3.8, 4) is 0 Å². The molecule has 0 saturated carbocycles. The van der Waals surface area contributed by atoms with Gasteiger partial charge in [0.15, 0.2) is 0 Å². The summed E-state index contributed by atoms with van der Waals surface area (Å²) in [7, 11) is 0. The van der Waals surface area contributed by atoms with E-state index in [1.165, 1.54) is 0 Å². The molecular weight excluding hydrogens is 252 g/mol. The largest absolute Gasteiger partial charge is 0.480 e. The van der Waals surface area contributed by atoms with Crippen LogP contribution in [-0.2, 0) is 9.59 Å². The molecule has 0 aliphatic heterocycles. The number of rotatable bonds is 8. The van der Waals surface area contributed by atoms with E-state index in [9.17, 15) is 9.59 Å². The number of amides is 1. The number of hydrogen-bond acceptors (Lipinski definition) is 4. The summed E-state index contributed by atoms with van der Waals surface area (Å²) in [5, 5.41) is 10.7. The lowest BCUT2D eigenvalue weighted by molar-refractivity contribution is -0.138. The topological polar surface area (TPSA) is 92.4 Å². The van der Waals surface area contributed by atoms with Crippen molar-refractivity contribution < 1.29 is 14.7 Å². The van der Waals surface area contributed by atoms with E-state index in [0.29, 0.717) is 12.2 Å². The molecule has 0 radical (unpaired) electrons. The first-order valence-electron chi connectivity index (χ1n) is 5.66. The summed E-state index contributed by atoms with van der Waals surface area (Å²) in [6.45, 7) is 1.35. The van der Waals surface area contributed by atoms with Crippen LogP contribution in [0.2, 0.25) is 0 Å². The maximum atomic E-state index is 11.4. The summed E-state index contributed by atoms with van der Waals surface area (Å²) in [6, 6.07) is -0.0574. The Hall–Kier alpha value is -1.27. The van der Waals surface area contributed by atoms with Gasteiger partial charge in [-0.3, -0.25) is 9.59 Å². The van der Waals surface area contributed by atoms with Gasteiger partial charge in [0.1, 0.15) is 6.54 Å². The number of aliphatic carboxylic acids is 1. The van der Waals surface area contributed by atoms with Crippen LogP contribution < -0.4 is 11.1 Å². The Morgan fingerprint density at radius 2 is 2.00 bits per heavy atom. The average Bonchev–Trinajstić information content (AvgIpc) is 2.34. The molecule has 5 nitrogen and oxygen atoms in total. The third-order valence-electron chi connectivity index (χ3n) is 2.12. The second-order valence-electron chi connectivity index (χ2n) is 3.84. The smallest absolute Gasteiger partial charge is 0.322 e. The molecule has 0 fully saturated rings. The molecule has 0 bridgehead atoms. The zero-order chi connectivity index (χ0) is 14.0. The molecule has 0 aromatic carbocycles. The van der Waals surface area contributed by atoms with Crippen molar-refractivity contribution in [3.63, 3.8) is 0 Å². The van der Waals surface area contributed by atoms with Gasteiger partial charge in [-0.1, -0.05) is 31.2 Å². The van der Waals surface area contributed by atoms with E-state index in [1.54, 1.807) is 13.0 Å². The first kappa shape index (κ1) is 16.7. The van der Waals surface area contributed by atoms with Crippen LogP contribution in [0.15, 0.2) is 24.3 Å². The van der Waals surface area contributed by atoms with Gasteiger partial charge in [-0.25, -0.2) is 0 Å². The maximum absolute atomic E-state index is 11.4. The minimum Gasteiger partial charge on any atom is -0.480 e. The molecule has 0 aliphatic rings. The summed E-state index contributed by atoms with van der Waals surface area (Å²) in [5.74, 6) is -1.11. The van der Waals surface area contributed by atoms with Crippen molar-refractivity contribution in [1.29, 1.82) is 0 Å². The van der Waals surface area contributed by atoms with E-state index >= 15 is 0 Å². The predicted molar refractivity (Wildman–Crippen MR) is 74.5 cm³/mol. The van der Waals surface area contributed by atoms with Crippen molar-refractivity contribution >= 4 is 24.5 Å². The van der Waals surface area contributed by atoms with E-state index in [0.717, 1.165) is 0 Å². The second-order valence-corrected chi connectivity index (χ2v) is 4.20. The van der Waals surface area contributed by atoms with Crippen LogP contribution in [0.4, 0.5) is 0 Å². The first-order chi connectivity index (χ1) is 8.47. The van der Waals surface area contributed by atoms with E-state index in [4.69, 9.17) is 10.8 Å². The number of carbonyl (C=O) groups excluding carboxylic acids is 1. The average molecular weight is 272 g/mol. The Labute approximate surface area is 113 Å². The highest BCUT2D eigenvalue weighted by Crippen LogP contribution is 1.99. The molecule has 1 unspecified atom stereocenters. The molecule has 0 heterocycles. The van der Waals surface area contributed by atoms with Crippen LogP contribution in [0, 0.1) is 5.92 Å². The number of nitrogens with two attached hydrogens (primary N) is 1. The van der Waals surface area contributed by atoms with Crippen LogP contribution in [0.1, 0.15) is 13.3 Å². The third kappa shape index (κ3) is 8.83. The summed E-state index contributed by atoms with van der Waals surface area (Å²) >= 11 is 4.04. The lowest BCUT2D eigenvalue weighted by Crippen LogP contribution is -2.32. The van der Waals surface area contributed by atoms with Crippen molar-refractivity contribution in [2.75, 3.05) is 12.3 Å². The van der Waals surface area contributed by atoms with Gasteiger partial charge in [0.25, 0.3) is 0 Å². The molecule has 6 heteroatoms. The highest BCUT2D eigenvalue weighted by atomic mass is 32.1. The summed E-state index contributed by atoms with van der Waals surface area (Å²) < 4.78 is 0. The molecule has 0 spiro atoms. The standard InChI is InChI=1S/C12H20N2O3S/c1-9(12(17)14-7-11(15)16)5-3-2-4-6-10(13)8-18/h3-6,9-10,18H,2,7-8,13H2,1H3,(H,14,17)(H,15,16)/b5-3+,6-4+/t9?,10-/m1/s1. The van der Waals surface area contributed by atoms with Gasteiger partial charge in [0, 0.05) is 11.8 Å². The van der Waals surface area contributed by atoms with Crippen LogP contribution in [0.3, 0.4) is 0 Å². The Bertz CT molecular complexity index is 329. The predicted octanol–water partition coefficient (Wildman–Crippen LogP) is 0.583. The number of thiol groups is 1. The van der Waals surface area contributed by atoms with E-state index in [-0.39, 0.29) is 24.4 Å². The number of carboxylic acids is 1. The molecule has 0 aromatic rings. The third-order valence-corrected chi connectivity index (χ3v) is 2.54. The van der Waals surface area contributed by atoms with Gasteiger partial charge in [-0.05, 0) is 6.42 Å². The Balaban J connectivity index is 3.92. The Morgan fingerprint density at radius 1 is 1.39 bits per heavy atom. The van der Waals surface area contributed by atoms with Crippen LogP contribution in [-0.4, -0.2) is 35.3 Å². The molecule has 1 amide bonds. The van der Waals surface area contributed by atoms with E-state index in [1.807, 2.05) is 18.2 Å². The van der Waals surface area contributed by atoms with Crippen molar-refractivity contribution in [2.45, 2.75) is 19.4 Å². The minimum atomic E-state index is -1.05. The van der Waals surface area contributed by atoms with Gasteiger partial charge in [0.05, 0.1) is 5.92 Å². The molecule has 4 N–H and O–H groups in total. The van der Waals surface area contributed by atoms with Gasteiger partial charge < -0.3 is 16.2 Å². The lowest BCUT2D eigenvalue weighted by Gasteiger charge is -2.05. The Morgan fingerprint density at radius 3 is 2.56 bits per heavy atom.